The van der Waals surface area contributed by atoms with Crippen LogP contribution < -0.4 is 20.3 Å². The van der Waals surface area contributed by atoms with Crippen molar-refractivity contribution in [2.75, 3.05) is 20.8 Å². The molecule has 0 fully saturated rings. The average molecular weight is 483 g/mol. The number of hydrogen-bond acceptors (Lipinski definition) is 8. The first-order valence-electron chi connectivity index (χ1n) is 10.1. The molecule has 0 spiro atoms. The van der Waals surface area contributed by atoms with Crippen molar-refractivity contribution < 1.29 is 14.3 Å². The van der Waals surface area contributed by atoms with Gasteiger partial charge >= 0.3 is 0 Å². The van der Waals surface area contributed by atoms with Crippen LogP contribution in [0.4, 0.5) is 0 Å². The van der Waals surface area contributed by atoms with Crippen molar-refractivity contribution >= 4 is 28.6 Å². The summed E-state index contributed by atoms with van der Waals surface area (Å²) in [4.78, 5) is 31.8. The highest BCUT2D eigenvalue weighted by Gasteiger charge is 2.18. The van der Waals surface area contributed by atoms with Crippen molar-refractivity contribution in [2.24, 2.45) is 0 Å². The summed E-state index contributed by atoms with van der Waals surface area (Å²) in [6, 6.07) is 12.3. The summed E-state index contributed by atoms with van der Waals surface area (Å²) >= 11 is 3.17. The number of benzene rings is 1. The number of carbonyl (C=O) groups is 1. The molecule has 3 aromatic heterocycles. The minimum Gasteiger partial charge on any atom is -0.496 e. The van der Waals surface area contributed by atoms with Crippen LogP contribution in [0.1, 0.15) is 16.1 Å². The van der Waals surface area contributed by atoms with Gasteiger partial charge in [0.15, 0.2) is 0 Å². The molecule has 8 nitrogen and oxygen atoms in total. The van der Waals surface area contributed by atoms with E-state index in [1.54, 1.807) is 46.9 Å². The van der Waals surface area contributed by atoms with E-state index in [1.165, 1.54) is 25.0 Å². The molecule has 0 aliphatic heterocycles. The number of thiazole rings is 1. The molecule has 1 aromatic carbocycles. The fourth-order valence-electron chi connectivity index (χ4n) is 3.31. The van der Waals surface area contributed by atoms with Crippen molar-refractivity contribution in [1.82, 2.24) is 20.1 Å². The molecule has 4 aromatic rings. The Morgan fingerprint density at radius 2 is 1.85 bits per heavy atom. The van der Waals surface area contributed by atoms with Crippen LogP contribution in [0, 0.1) is 6.92 Å². The summed E-state index contributed by atoms with van der Waals surface area (Å²) in [7, 11) is 2.98. The maximum Gasteiger partial charge on any atom is 0.266 e. The second kappa shape index (κ2) is 9.97. The van der Waals surface area contributed by atoms with Crippen LogP contribution in [0.5, 0.6) is 11.5 Å². The van der Waals surface area contributed by atoms with Gasteiger partial charge in [-0.05, 0) is 36.6 Å². The van der Waals surface area contributed by atoms with E-state index in [2.05, 4.69) is 15.4 Å². The van der Waals surface area contributed by atoms with E-state index >= 15 is 0 Å². The number of carbonyl (C=O) groups excluding carboxylic acids is 1. The molecule has 1 N–H and O–H groups in total. The third-order valence-corrected chi connectivity index (χ3v) is 7.11. The number of aromatic nitrogens is 3. The van der Waals surface area contributed by atoms with Gasteiger partial charge in [-0.1, -0.05) is 12.1 Å². The van der Waals surface area contributed by atoms with Crippen molar-refractivity contribution in [1.29, 1.82) is 0 Å². The maximum absolute atomic E-state index is 12.7. The topological polar surface area (TPSA) is 95.3 Å². The van der Waals surface area contributed by atoms with E-state index < -0.39 is 0 Å². The van der Waals surface area contributed by atoms with Gasteiger partial charge in [-0.2, -0.15) is 5.10 Å². The number of aryl methyl sites for hydroxylation is 1. The van der Waals surface area contributed by atoms with Crippen molar-refractivity contribution in [3.63, 3.8) is 0 Å². The van der Waals surface area contributed by atoms with Gasteiger partial charge in [0.2, 0.25) is 0 Å². The maximum atomic E-state index is 12.7. The summed E-state index contributed by atoms with van der Waals surface area (Å²) in [5.41, 5.74) is 1.59. The Morgan fingerprint density at radius 3 is 2.52 bits per heavy atom. The molecule has 0 bridgehead atoms. The second-order valence-corrected chi connectivity index (χ2v) is 8.93. The highest BCUT2D eigenvalue weighted by atomic mass is 32.1. The molecule has 0 saturated heterocycles. The normalized spacial score (nSPS) is 10.8. The average Bonchev–Trinajstić information content (AvgIpc) is 3.49. The van der Waals surface area contributed by atoms with Crippen LogP contribution in [0.2, 0.25) is 0 Å². The number of methoxy groups -OCH3 is 2. The van der Waals surface area contributed by atoms with Crippen LogP contribution >= 0.6 is 22.7 Å². The van der Waals surface area contributed by atoms with E-state index in [0.29, 0.717) is 22.8 Å². The molecule has 0 radical (unpaired) electrons. The SMILES string of the molecule is COc1cccc(OC)c1C(=O)NCCn1nc(-c2sc(-c3cccs3)nc2C)ccc1=O. The second-order valence-electron chi connectivity index (χ2n) is 6.98. The lowest BCUT2D eigenvalue weighted by Gasteiger charge is -2.13. The van der Waals surface area contributed by atoms with Crippen LogP contribution in [-0.4, -0.2) is 41.4 Å². The predicted octanol–water partition coefficient (Wildman–Crippen LogP) is 3.85. The van der Waals surface area contributed by atoms with Gasteiger partial charge in [-0.3, -0.25) is 9.59 Å². The van der Waals surface area contributed by atoms with Crippen LogP contribution in [0.3, 0.4) is 0 Å². The monoisotopic (exact) mass is 482 g/mol. The number of amides is 1. The lowest BCUT2D eigenvalue weighted by molar-refractivity contribution is 0.0945. The minimum absolute atomic E-state index is 0.207. The third-order valence-electron chi connectivity index (χ3n) is 4.89. The lowest BCUT2D eigenvalue weighted by atomic mass is 10.1. The van der Waals surface area contributed by atoms with Gasteiger partial charge in [-0.15, -0.1) is 22.7 Å². The molecular formula is C23H22N4O4S2. The summed E-state index contributed by atoms with van der Waals surface area (Å²) in [6.45, 7) is 2.35. The first-order chi connectivity index (χ1) is 16.0. The van der Waals surface area contributed by atoms with Gasteiger partial charge < -0.3 is 14.8 Å². The summed E-state index contributed by atoms with van der Waals surface area (Å²) in [5, 5.41) is 10.3. The summed E-state index contributed by atoms with van der Waals surface area (Å²) in [6.07, 6.45) is 0. The van der Waals surface area contributed by atoms with Gasteiger partial charge in [-0.25, -0.2) is 9.67 Å². The van der Waals surface area contributed by atoms with E-state index in [0.717, 1.165) is 20.5 Å². The van der Waals surface area contributed by atoms with Gasteiger partial charge in [0.05, 0.1) is 36.2 Å². The lowest BCUT2D eigenvalue weighted by Crippen LogP contribution is -2.32. The number of nitrogens with one attached hydrogen (secondary N) is 1. The molecule has 0 aliphatic rings. The molecule has 33 heavy (non-hydrogen) atoms. The van der Waals surface area contributed by atoms with Crippen LogP contribution in [0.15, 0.2) is 52.6 Å². The predicted molar refractivity (Wildman–Crippen MR) is 130 cm³/mol. The molecule has 10 heteroatoms. The van der Waals surface area contributed by atoms with Gasteiger partial charge in [0.1, 0.15) is 27.8 Å². The zero-order chi connectivity index (χ0) is 23.4. The Bertz CT molecular complexity index is 1310. The third kappa shape index (κ3) is 4.81. The Morgan fingerprint density at radius 1 is 1.09 bits per heavy atom. The Labute approximate surface area is 198 Å². The summed E-state index contributed by atoms with van der Waals surface area (Å²) < 4.78 is 11.9. The van der Waals surface area contributed by atoms with E-state index in [-0.39, 0.29) is 24.6 Å². The fraction of sp³-hybridized carbons (Fsp3) is 0.217. The van der Waals surface area contributed by atoms with Gasteiger partial charge in [0.25, 0.3) is 11.5 Å². The molecule has 0 unspecified atom stereocenters. The number of ether oxygens (including phenoxy) is 2. The molecular weight excluding hydrogens is 460 g/mol. The smallest absolute Gasteiger partial charge is 0.266 e. The molecule has 0 atom stereocenters. The van der Waals surface area contributed by atoms with E-state index in [4.69, 9.17) is 9.47 Å². The summed E-state index contributed by atoms with van der Waals surface area (Å²) in [5.74, 6) is 0.463. The zero-order valence-corrected chi connectivity index (χ0v) is 20.0. The number of rotatable bonds is 8. The van der Waals surface area contributed by atoms with Crippen molar-refractivity contribution in [3.8, 4) is 32.0 Å². The van der Waals surface area contributed by atoms with Gasteiger partial charge in [0, 0.05) is 12.6 Å². The molecule has 1 amide bonds. The van der Waals surface area contributed by atoms with Crippen molar-refractivity contribution in [3.05, 3.63) is 69.5 Å². The van der Waals surface area contributed by atoms with Crippen LogP contribution in [0.25, 0.3) is 20.5 Å². The van der Waals surface area contributed by atoms with E-state index in [1.807, 2.05) is 24.4 Å². The standard InChI is InChI=1S/C23H22N4O4S2/c1-14-21(33-23(25-14)18-8-5-13-32-18)15-9-10-19(28)27(26-15)12-11-24-22(29)20-16(30-2)6-4-7-17(20)31-3/h4-10,13H,11-12H2,1-3H3,(H,24,29). The van der Waals surface area contributed by atoms with E-state index in [9.17, 15) is 9.59 Å². The first kappa shape index (κ1) is 22.7. The highest BCUT2D eigenvalue weighted by molar-refractivity contribution is 7.23. The van der Waals surface area contributed by atoms with Crippen LogP contribution in [-0.2, 0) is 6.54 Å². The van der Waals surface area contributed by atoms with Crippen molar-refractivity contribution in [2.45, 2.75) is 13.5 Å². The highest BCUT2D eigenvalue weighted by Crippen LogP contribution is 2.35. The number of nitrogens with zero attached hydrogens (tertiary/aromatic N) is 3. The first-order valence-corrected chi connectivity index (χ1v) is 11.8. The Balaban J connectivity index is 1.50. The zero-order valence-electron chi connectivity index (χ0n) is 18.3. The molecule has 170 valence electrons. The quantitative estimate of drug-likeness (QED) is 0.410. The fourth-order valence-corrected chi connectivity index (χ4v) is 5.14. The number of hydrogen-bond donors (Lipinski definition) is 1. The Hall–Kier alpha value is -3.50. The number of thiophene rings is 1. The Kier molecular flexibility index (Phi) is 6.85. The largest absolute Gasteiger partial charge is 0.496 e. The minimum atomic E-state index is -0.354. The molecule has 0 aliphatic carbocycles. The molecule has 0 saturated carbocycles. The molecule has 4 rings (SSSR count). The molecule has 3 heterocycles.